The number of hydrogen-bond donors (Lipinski definition) is 1. The topological polar surface area (TPSA) is 50.2 Å². The Morgan fingerprint density at radius 2 is 1.96 bits per heavy atom. The normalized spacial score (nSPS) is 16.9. The first-order chi connectivity index (χ1) is 12.9. The highest BCUT2D eigenvalue weighted by atomic mass is 16.2. The molecule has 1 saturated carbocycles. The molecule has 0 unspecified atom stereocenters. The number of nitrogens with zero attached hydrogens (tertiary/aromatic N) is 3. The first kappa shape index (κ1) is 19.5. The van der Waals surface area contributed by atoms with Crippen molar-refractivity contribution in [1.82, 2.24) is 19.8 Å². The summed E-state index contributed by atoms with van der Waals surface area (Å²) in [5.41, 5.74) is 1.67. The molecule has 2 aromatic rings. The molecule has 1 aromatic carbocycles. The van der Waals surface area contributed by atoms with E-state index in [0.29, 0.717) is 18.0 Å². The van der Waals surface area contributed by atoms with Gasteiger partial charge in [-0.15, -0.1) is 0 Å². The van der Waals surface area contributed by atoms with Crippen molar-refractivity contribution >= 4 is 6.03 Å². The smallest absolute Gasteiger partial charge is 0.317 e. The predicted molar refractivity (Wildman–Crippen MR) is 109 cm³/mol. The van der Waals surface area contributed by atoms with Gasteiger partial charge in [0.2, 0.25) is 0 Å². The molecule has 1 aromatic heterocycles. The molecule has 1 aliphatic carbocycles. The van der Waals surface area contributed by atoms with Crippen LogP contribution in [0.3, 0.4) is 0 Å². The van der Waals surface area contributed by atoms with Crippen LogP contribution in [-0.4, -0.2) is 40.1 Å². The third-order valence-electron chi connectivity index (χ3n) is 5.80. The number of carbonyl (C=O) groups is 1. The Bertz CT molecular complexity index is 728. The van der Waals surface area contributed by atoms with Crippen molar-refractivity contribution in [3.8, 4) is 0 Å². The molecule has 1 N–H and O–H groups in total. The van der Waals surface area contributed by atoms with Crippen LogP contribution >= 0.6 is 0 Å². The summed E-state index contributed by atoms with van der Waals surface area (Å²) in [7, 11) is 1.93. The Morgan fingerprint density at radius 1 is 1.26 bits per heavy atom. The second-order valence-corrected chi connectivity index (χ2v) is 8.45. The van der Waals surface area contributed by atoms with Crippen molar-refractivity contribution in [3.63, 3.8) is 0 Å². The minimum atomic E-state index is 0.0286. The van der Waals surface area contributed by atoms with Gasteiger partial charge in [0.1, 0.15) is 5.82 Å². The highest BCUT2D eigenvalue weighted by molar-refractivity contribution is 5.74. The van der Waals surface area contributed by atoms with E-state index < -0.39 is 0 Å². The van der Waals surface area contributed by atoms with E-state index in [1.165, 1.54) is 18.4 Å². The lowest BCUT2D eigenvalue weighted by molar-refractivity contribution is 0.135. The molecule has 146 valence electrons. The number of imidazole rings is 1. The zero-order valence-electron chi connectivity index (χ0n) is 16.8. The van der Waals surface area contributed by atoms with Gasteiger partial charge in [-0.2, -0.15) is 0 Å². The molecule has 0 spiro atoms. The van der Waals surface area contributed by atoms with Crippen LogP contribution in [0.25, 0.3) is 0 Å². The third kappa shape index (κ3) is 5.34. The van der Waals surface area contributed by atoms with Gasteiger partial charge >= 0.3 is 6.03 Å². The summed E-state index contributed by atoms with van der Waals surface area (Å²) in [5, 5.41) is 3.06. The fraction of sp³-hybridized carbons (Fsp3) is 0.545. The van der Waals surface area contributed by atoms with Gasteiger partial charge in [0.15, 0.2) is 0 Å². The molecule has 27 heavy (non-hydrogen) atoms. The maximum Gasteiger partial charge on any atom is 0.317 e. The maximum absolute atomic E-state index is 12.5. The second kappa shape index (κ2) is 8.59. The van der Waals surface area contributed by atoms with Crippen molar-refractivity contribution in [3.05, 3.63) is 54.1 Å². The zero-order chi connectivity index (χ0) is 19.3. The van der Waals surface area contributed by atoms with Crippen molar-refractivity contribution in [2.45, 2.75) is 58.5 Å². The third-order valence-corrected chi connectivity index (χ3v) is 5.80. The summed E-state index contributed by atoms with van der Waals surface area (Å²) in [6.07, 6.45) is 9.13. The van der Waals surface area contributed by atoms with E-state index in [1.54, 1.807) is 0 Å². The van der Waals surface area contributed by atoms with E-state index in [1.807, 2.05) is 42.5 Å². The molecule has 3 rings (SSSR count). The molecule has 5 heteroatoms. The molecule has 2 amide bonds. The molecule has 0 radical (unpaired) electrons. The number of nitrogens with one attached hydrogen (secondary N) is 1. The summed E-state index contributed by atoms with van der Waals surface area (Å²) < 4.78 is 2.15. The van der Waals surface area contributed by atoms with Crippen molar-refractivity contribution in [1.29, 1.82) is 0 Å². The van der Waals surface area contributed by atoms with Crippen LogP contribution in [0.15, 0.2) is 42.7 Å². The van der Waals surface area contributed by atoms with Crippen molar-refractivity contribution in [2.75, 3.05) is 13.6 Å². The summed E-state index contributed by atoms with van der Waals surface area (Å²) in [6.45, 7) is 6.05. The highest BCUT2D eigenvalue weighted by Gasteiger charge is 2.30. The van der Waals surface area contributed by atoms with Gasteiger partial charge < -0.3 is 14.8 Å². The van der Waals surface area contributed by atoms with Gasteiger partial charge in [-0.1, -0.05) is 44.2 Å². The number of urea groups is 1. The van der Waals surface area contributed by atoms with E-state index >= 15 is 0 Å². The van der Waals surface area contributed by atoms with E-state index in [0.717, 1.165) is 31.6 Å². The SMILES string of the molecule is CN(C(=O)NCCc1nccn1Cc1ccccc1)C1CCC(C)(C)CC1. The van der Waals surface area contributed by atoms with Crippen molar-refractivity contribution < 1.29 is 4.79 Å². The Labute approximate surface area is 162 Å². The predicted octanol–water partition coefficient (Wildman–Crippen LogP) is 4.08. The lowest BCUT2D eigenvalue weighted by atomic mass is 9.75. The number of amides is 2. The van der Waals surface area contributed by atoms with Crippen LogP contribution in [-0.2, 0) is 13.0 Å². The van der Waals surface area contributed by atoms with E-state index in [-0.39, 0.29) is 6.03 Å². The van der Waals surface area contributed by atoms with E-state index in [9.17, 15) is 4.79 Å². The van der Waals surface area contributed by atoms with Gasteiger partial charge in [0, 0.05) is 45.0 Å². The average Bonchev–Trinajstić information content (AvgIpc) is 3.09. The molecule has 0 atom stereocenters. The van der Waals surface area contributed by atoms with Gasteiger partial charge in [0.25, 0.3) is 0 Å². The van der Waals surface area contributed by atoms with Gasteiger partial charge in [-0.25, -0.2) is 9.78 Å². The molecule has 1 heterocycles. The number of benzene rings is 1. The summed E-state index contributed by atoms with van der Waals surface area (Å²) >= 11 is 0. The highest BCUT2D eigenvalue weighted by Crippen LogP contribution is 2.36. The van der Waals surface area contributed by atoms with Gasteiger partial charge in [0.05, 0.1) is 0 Å². The summed E-state index contributed by atoms with van der Waals surface area (Å²) in [6, 6.07) is 10.7. The zero-order valence-corrected chi connectivity index (χ0v) is 16.8. The van der Waals surface area contributed by atoms with Crippen LogP contribution in [0, 0.1) is 5.41 Å². The molecular formula is C22H32N4O. The first-order valence-corrected chi connectivity index (χ1v) is 9.99. The summed E-state index contributed by atoms with van der Waals surface area (Å²) in [4.78, 5) is 18.8. The number of carbonyl (C=O) groups excluding carboxylic acids is 1. The molecular weight excluding hydrogens is 336 g/mol. The Hall–Kier alpha value is -2.30. The van der Waals surface area contributed by atoms with Crippen LogP contribution < -0.4 is 5.32 Å². The Morgan fingerprint density at radius 3 is 2.67 bits per heavy atom. The van der Waals surface area contributed by atoms with Crippen LogP contribution in [0.5, 0.6) is 0 Å². The lowest BCUT2D eigenvalue weighted by Crippen LogP contribution is -2.46. The van der Waals surface area contributed by atoms with Crippen molar-refractivity contribution in [2.24, 2.45) is 5.41 Å². The monoisotopic (exact) mass is 368 g/mol. The van der Waals surface area contributed by atoms with Crippen LogP contribution in [0.4, 0.5) is 4.79 Å². The summed E-state index contributed by atoms with van der Waals surface area (Å²) in [5.74, 6) is 1.00. The van der Waals surface area contributed by atoms with Crippen LogP contribution in [0.2, 0.25) is 0 Å². The van der Waals surface area contributed by atoms with Crippen LogP contribution in [0.1, 0.15) is 50.9 Å². The molecule has 1 aliphatic rings. The molecule has 0 bridgehead atoms. The standard InChI is InChI=1S/C22H32N4O/c1-22(2)12-9-19(10-13-22)25(3)21(27)24-14-11-20-23-15-16-26(20)17-18-7-5-4-6-8-18/h4-8,15-16,19H,9-14,17H2,1-3H3,(H,24,27). The largest absolute Gasteiger partial charge is 0.338 e. The van der Waals surface area contributed by atoms with Gasteiger partial charge in [-0.3, -0.25) is 0 Å². The molecule has 0 saturated heterocycles. The lowest BCUT2D eigenvalue weighted by Gasteiger charge is -2.38. The van der Waals surface area contributed by atoms with Gasteiger partial charge in [-0.05, 0) is 36.7 Å². The number of hydrogen-bond acceptors (Lipinski definition) is 2. The molecule has 0 aliphatic heterocycles. The Kier molecular flexibility index (Phi) is 6.19. The van der Waals surface area contributed by atoms with E-state index in [4.69, 9.17) is 0 Å². The van der Waals surface area contributed by atoms with E-state index in [2.05, 4.69) is 40.8 Å². The first-order valence-electron chi connectivity index (χ1n) is 9.99. The minimum absolute atomic E-state index is 0.0286. The maximum atomic E-state index is 12.5. The quantitative estimate of drug-likeness (QED) is 0.835. The fourth-order valence-corrected chi connectivity index (χ4v) is 3.84. The molecule has 1 fully saturated rings. The number of aromatic nitrogens is 2. The second-order valence-electron chi connectivity index (χ2n) is 8.45. The molecule has 5 nitrogen and oxygen atoms in total. The minimum Gasteiger partial charge on any atom is -0.338 e. The average molecular weight is 369 g/mol. The number of rotatable bonds is 6. The Balaban J connectivity index is 1.46. The fourth-order valence-electron chi connectivity index (χ4n) is 3.84.